The van der Waals surface area contributed by atoms with E-state index in [4.69, 9.17) is 4.99 Å². The van der Waals surface area contributed by atoms with Gasteiger partial charge in [-0.2, -0.15) is 5.26 Å². The molecular formula is C23H25N5O2S. The summed E-state index contributed by atoms with van der Waals surface area (Å²) < 4.78 is 1.47. The van der Waals surface area contributed by atoms with Gasteiger partial charge < -0.3 is 4.90 Å². The van der Waals surface area contributed by atoms with Gasteiger partial charge >= 0.3 is 6.03 Å². The highest BCUT2D eigenvalue weighted by Gasteiger charge is 2.41. The van der Waals surface area contributed by atoms with Crippen LogP contribution in [0.5, 0.6) is 0 Å². The molecule has 2 aromatic carbocycles. The molecule has 0 saturated heterocycles. The first-order valence-corrected chi connectivity index (χ1v) is 11.1. The molecule has 1 atom stereocenters. The Labute approximate surface area is 186 Å². The maximum Gasteiger partial charge on any atom is 0.333 e. The second-order valence-electron chi connectivity index (χ2n) is 7.33. The third-order valence-electron chi connectivity index (χ3n) is 5.42. The van der Waals surface area contributed by atoms with E-state index in [2.05, 4.69) is 11.4 Å². The zero-order valence-electron chi connectivity index (χ0n) is 18.0. The Morgan fingerprint density at radius 2 is 1.97 bits per heavy atom. The van der Waals surface area contributed by atoms with Crippen molar-refractivity contribution in [1.82, 2.24) is 14.5 Å². The van der Waals surface area contributed by atoms with E-state index in [9.17, 15) is 14.9 Å². The SMILES string of the molecule is CCN1CC(=O)C(C)(c2cccc(-c3cccc(C#N)c3)c2)N=C1NC(=O)N(C)SC. The first kappa shape index (κ1) is 22.4. The molecule has 0 saturated carbocycles. The number of nitrogens with zero attached hydrogens (tertiary/aromatic N) is 4. The molecule has 2 aromatic rings. The quantitative estimate of drug-likeness (QED) is 0.741. The van der Waals surface area contributed by atoms with Gasteiger partial charge in [0.25, 0.3) is 0 Å². The van der Waals surface area contributed by atoms with Crippen LogP contribution in [-0.4, -0.2) is 53.4 Å². The van der Waals surface area contributed by atoms with Crippen molar-refractivity contribution in [2.45, 2.75) is 19.4 Å². The van der Waals surface area contributed by atoms with E-state index in [1.54, 1.807) is 31.2 Å². The molecular weight excluding hydrogens is 410 g/mol. The largest absolute Gasteiger partial charge is 0.335 e. The summed E-state index contributed by atoms with van der Waals surface area (Å²) in [6, 6.07) is 16.8. The van der Waals surface area contributed by atoms with Crippen LogP contribution in [0.1, 0.15) is 25.0 Å². The molecule has 0 spiro atoms. The minimum absolute atomic E-state index is 0.0477. The van der Waals surface area contributed by atoms with Crippen LogP contribution in [0.2, 0.25) is 0 Å². The number of nitriles is 1. The van der Waals surface area contributed by atoms with E-state index in [1.165, 1.54) is 16.3 Å². The van der Waals surface area contributed by atoms with Gasteiger partial charge in [0.2, 0.25) is 5.96 Å². The summed E-state index contributed by atoms with van der Waals surface area (Å²) >= 11 is 1.29. The number of carbonyl (C=O) groups is 2. The summed E-state index contributed by atoms with van der Waals surface area (Å²) in [5.74, 6) is 0.334. The molecule has 31 heavy (non-hydrogen) atoms. The van der Waals surface area contributed by atoms with Crippen LogP contribution < -0.4 is 5.32 Å². The highest BCUT2D eigenvalue weighted by atomic mass is 32.2. The number of rotatable bonds is 4. The number of ketones is 1. The van der Waals surface area contributed by atoms with Crippen molar-refractivity contribution < 1.29 is 9.59 Å². The summed E-state index contributed by atoms with van der Waals surface area (Å²) in [6.45, 7) is 4.39. The molecule has 0 fully saturated rings. The van der Waals surface area contributed by atoms with Crippen LogP contribution in [0, 0.1) is 11.3 Å². The molecule has 0 aromatic heterocycles. The van der Waals surface area contributed by atoms with Gasteiger partial charge in [0.15, 0.2) is 5.78 Å². The summed E-state index contributed by atoms with van der Waals surface area (Å²) in [4.78, 5) is 32.0. The van der Waals surface area contributed by atoms with Gasteiger partial charge in [0, 0.05) is 19.8 Å². The molecule has 0 bridgehead atoms. The lowest BCUT2D eigenvalue weighted by Gasteiger charge is -2.37. The first-order chi connectivity index (χ1) is 14.8. The number of guanidine groups is 1. The molecule has 7 nitrogen and oxygen atoms in total. The number of urea groups is 1. The number of nitrogens with one attached hydrogen (secondary N) is 1. The Morgan fingerprint density at radius 1 is 1.29 bits per heavy atom. The molecule has 1 N–H and O–H groups in total. The molecule has 0 aliphatic carbocycles. The van der Waals surface area contributed by atoms with Crippen molar-refractivity contribution in [1.29, 1.82) is 5.26 Å². The van der Waals surface area contributed by atoms with Crippen LogP contribution in [0.4, 0.5) is 4.79 Å². The summed E-state index contributed by atoms with van der Waals surface area (Å²) in [5.41, 5.74) is 1.96. The first-order valence-electron chi connectivity index (χ1n) is 9.90. The maximum atomic E-state index is 13.1. The third kappa shape index (κ3) is 4.57. The molecule has 0 radical (unpaired) electrons. The van der Waals surface area contributed by atoms with Gasteiger partial charge in [0.1, 0.15) is 5.54 Å². The molecule has 3 rings (SSSR count). The summed E-state index contributed by atoms with van der Waals surface area (Å²) in [6.07, 6.45) is 1.81. The Morgan fingerprint density at radius 3 is 2.61 bits per heavy atom. The number of aliphatic imine (C=N–C) groups is 1. The molecule has 160 valence electrons. The lowest BCUT2D eigenvalue weighted by atomic mass is 9.85. The van der Waals surface area contributed by atoms with Crippen molar-refractivity contribution in [3.8, 4) is 17.2 Å². The lowest BCUT2D eigenvalue weighted by molar-refractivity contribution is -0.125. The smallest absolute Gasteiger partial charge is 0.333 e. The van der Waals surface area contributed by atoms with E-state index >= 15 is 0 Å². The summed E-state index contributed by atoms with van der Waals surface area (Å²) in [5, 5.41) is 12.0. The topological polar surface area (TPSA) is 88.8 Å². The van der Waals surface area contributed by atoms with Crippen LogP contribution in [0.25, 0.3) is 11.1 Å². The number of carbonyl (C=O) groups excluding carboxylic acids is 2. The molecule has 1 aliphatic rings. The van der Waals surface area contributed by atoms with Crippen molar-refractivity contribution in [2.24, 2.45) is 4.99 Å². The second kappa shape index (κ2) is 9.23. The van der Waals surface area contributed by atoms with Crippen molar-refractivity contribution in [3.63, 3.8) is 0 Å². The van der Waals surface area contributed by atoms with E-state index in [0.717, 1.165) is 16.7 Å². The number of benzene rings is 2. The third-order valence-corrected chi connectivity index (χ3v) is 6.13. The number of amides is 2. The minimum Gasteiger partial charge on any atom is -0.335 e. The van der Waals surface area contributed by atoms with Crippen LogP contribution in [0.15, 0.2) is 53.5 Å². The highest BCUT2D eigenvalue weighted by molar-refractivity contribution is 7.96. The Balaban J connectivity index is 2.03. The Bertz CT molecular complexity index is 1080. The average molecular weight is 436 g/mol. The molecule has 2 amide bonds. The van der Waals surface area contributed by atoms with Crippen LogP contribution in [0.3, 0.4) is 0 Å². The van der Waals surface area contributed by atoms with Gasteiger partial charge in [-0.3, -0.25) is 14.4 Å². The molecule has 1 unspecified atom stereocenters. The zero-order chi connectivity index (χ0) is 22.6. The van der Waals surface area contributed by atoms with E-state index in [1.807, 2.05) is 49.4 Å². The van der Waals surface area contributed by atoms with Crippen molar-refractivity contribution in [2.75, 3.05) is 26.4 Å². The monoisotopic (exact) mass is 435 g/mol. The van der Waals surface area contributed by atoms with E-state index < -0.39 is 5.54 Å². The Kier molecular flexibility index (Phi) is 6.66. The van der Waals surface area contributed by atoms with E-state index in [0.29, 0.717) is 18.1 Å². The maximum absolute atomic E-state index is 13.1. The Hall–Kier alpha value is -3.31. The fourth-order valence-electron chi connectivity index (χ4n) is 3.37. The highest BCUT2D eigenvalue weighted by Crippen LogP contribution is 2.33. The molecule has 1 aliphatic heterocycles. The van der Waals surface area contributed by atoms with Gasteiger partial charge in [-0.05, 0) is 60.7 Å². The van der Waals surface area contributed by atoms with Gasteiger partial charge in [-0.25, -0.2) is 9.79 Å². The van der Waals surface area contributed by atoms with Gasteiger partial charge in [-0.15, -0.1) is 0 Å². The van der Waals surface area contributed by atoms with E-state index in [-0.39, 0.29) is 18.4 Å². The second-order valence-corrected chi connectivity index (χ2v) is 8.24. The number of likely N-dealkylation sites (N-methyl/N-ethyl adjacent to an activating group) is 1. The standard InChI is InChI=1S/C23H25N5O2S/c1-5-28-15-20(29)23(2,26-21(28)25-22(30)27(3)31-4)19-11-7-10-18(13-19)17-9-6-8-16(12-17)14-24/h6-13H,5,15H2,1-4H3,(H,25,26,30). The van der Waals surface area contributed by atoms with Crippen molar-refractivity contribution >= 4 is 29.7 Å². The predicted molar refractivity (Wildman–Crippen MR) is 123 cm³/mol. The minimum atomic E-state index is -1.13. The van der Waals surface area contributed by atoms with Crippen LogP contribution in [-0.2, 0) is 10.3 Å². The average Bonchev–Trinajstić information content (AvgIpc) is 2.80. The van der Waals surface area contributed by atoms with Gasteiger partial charge in [-0.1, -0.05) is 30.3 Å². The number of hydrogen-bond donors (Lipinski definition) is 1. The lowest BCUT2D eigenvalue weighted by Crippen LogP contribution is -2.55. The van der Waals surface area contributed by atoms with Crippen molar-refractivity contribution in [3.05, 3.63) is 59.7 Å². The van der Waals surface area contributed by atoms with Crippen LogP contribution >= 0.6 is 11.9 Å². The summed E-state index contributed by atoms with van der Waals surface area (Å²) in [7, 11) is 1.67. The predicted octanol–water partition coefficient (Wildman–Crippen LogP) is 3.62. The number of Topliss-reactive ketones (excluding diaryl/α,β-unsaturated/α-hetero) is 1. The zero-order valence-corrected chi connectivity index (χ0v) is 18.9. The molecule has 1 heterocycles. The number of hydrogen-bond acceptors (Lipinski definition) is 6. The van der Waals surface area contributed by atoms with Gasteiger partial charge in [0.05, 0.1) is 18.2 Å². The fraction of sp³-hybridized carbons (Fsp3) is 0.304. The molecule has 8 heteroatoms. The fourth-order valence-corrected chi connectivity index (χ4v) is 3.58. The normalized spacial score (nSPS) is 18.2.